The van der Waals surface area contributed by atoms with Gasteiger partial charge < -0.3 is 10.1 Å². The molecule has 0 aromatic carbocycles. The Hall–Kier alpha value is -1.20. The van der Waals surface area contributed by atoms with Crippen LogP contribution in [0.15, 0.2) is 17.8 Å². The quantitative estimate of drug-likeness (QED) is 0.812. The Bertz CT molecular complexity index is 455. The van der Waals surface area contributed by atoms with E-state index in [-0.39, 0.29) is 6.10 Å². The number of nitrogens with one attached hydrogen (secondary N) is 1. The van der Waals surface area contributed by atoms with Crippen LogP contribution in [0.5, 0.6) is 0 Å². The second kappa shape index (κ2) is 5.23. The fourth-order valence-corrected chi connectivity index (χ4v) is 2.13. The van der Waals surface area contributed by atoms with Gasteiger partial charge in [0.05, 0.1) is 18.1 Å². The van der Waals surface area contributed by atoms with Crippen LogP contribution in [0.1, 0.15) is 13.8 Å². The van der Waals surface area contributed by atoms with Gasteiger partial charge in [0.15, 0.2) is 0 Å². The second-order valence-electron chi connectivity index (χ2n) is 3.71. The van der Waals surface area contributed by atoms with Crippen LogP contribution in [0.25, 0.3) is 10.2 Å². The molecule has 2 heterocycles. The van der Waals surface area contributed by atoms with Crippen LogP contribution in [0, 0.1) is 0 Å². The Morgan fingerprint density at radius 2 is 2.31 bits per heavy atom. The Labute approximate surface area is 98.7 Å². The van der Waals surface area contributed by atoms with Crippen molar-refractivity contribution in [3.05, 3.63) is 17.8 Å². The predicted molar refractivity (Wildman–Crippen MR) is 67.0 cm³/mol. The van der Waals surface area contributed by atoms with Crippen molar-refractivity contribution in [3.63, 3.8) is 0 Å². The van der Waals surface area contributed by atoms with E-state index < -0.39 is 0 Å². The molecule has 0 atom stereocenters. The number of rotatable bonds is 5. The van der Waals surface area contributed by atoms with Gasteiger partial charge in [0, 0.05) is 6.54 Å². The average molecular weight is 237 g/mol. The Kier molecular flexibility index (Phi) is 3.69. The minimum Gasteiger partial charge on any atom is -0.377 e. The summed E-state index contributed by atoms with van der Waals surface area (Å²) in [5, 5.41) is 6.36. The molecule has 2 rings (SSSR count). The Morgan fingerprint density at radius 3 is 3.12 bits per heavy atom. The first kappa shape index (κ1) is 11.3. The molecule has 0 aliphatic heterocycles. The summed E-state index contributed by atoms with van der Waals surface area (Å²) in [6, 6.07) is 2.03. The van der Waals surface area contributed by atoms with Crippen LogP contribution in [-0.2, 0) is 4.74 Å². The normalized spacial score (nSPS) is 11.2. The minimum absolute atomic E-state index is 0.272. The Morgan fingerprint density at radius 1 is 1.44 bits per heavy atom. The summed E-state index contributed by atoms with van der Waals surface area (Å²) >= 11 is 1.62. The van der Waals surface area contributed by atoms with Gasteiger partial charge in [-0.25, -0.2) is 9.97 Å². The number of hydrogen-bond acceptors (Lipinski definition) is 5. The molecule has 16 heavy (non-hydrogen) atoms. The van der Waals surface area contributed by atoms with Crippen molar-refractivity contribution in [1.82, 2.24) is 9.97 Å². The van der Waals surface area contributed by atoms with Crippen molar-refractivity contribution in [2.75, 3.05) is 18.5 Å². The SMILES string of the molecule is CC(C)OCCNc1ncnc2sccc12. The molecular weight excluding hydrogens is 222 g/mol. The van der Waals surface area contributed by atoms with Gasteiger partial charge in [0.1, 0.15) is 17.0 Å². The van der Waals surface area contributed by atoms with Crippen molar-refractivity contribution in [2.45, 2.75) is 20.0 Å². The van der Waals surface area contributed by atoms with Crippen LogP contribution in [-0.4, -0.2) is 29.2 Å². The first-order valence-corrected chi connectivity index (χ1v) is 6.19. The molecule has 0 unspecified atom stereocenters. The zero-order chi connectivity index (χ0) is 11.4. The van der Waals surface area contributed by atoms with Gasteiger partial charge in [-0.2, -0.15) is 0 Å². The number of ether oxygens (including phenoxy) is 1. The monoisotopic (exact) mass is 237 g/mol. The van der Waals surface area contributed by atoms with Crippen molar-refractivity contribution >= 4 is 27.4 Å². The molecular formula is C11H15N3OS. The standard InChI is InChI=1S/C11H15N3OS/c1-8(2)15-5-4-12-10-9-3-6-16-11(9)14-7-13-10/h3,6-8H,4-5H2,1-2H3,(H,12,13,14). The van der Waals surface area contributed by atoms with E-state index in [2.05, 4.69) is 15.3 Å². The van der Waals surface area contributed by atoms with Crippen molar-refractivity contribution in [2.24, 2.45) is 0 Å². The lowest BCUT2D eigenvalue weighted by Crippen LogP contribution is -2.13. The van der Waals surface area contributed by atoms with Crippen molar-refractivity contribution in [1.29, 1.82) is 0 Å². The number of aromatic nitrogens is 2. The number of nitrogens with zero attached hydrogens (tertiary/aromatic N) is 2. The fourth-order valence-electron chi connectivity index (χ4n) is 1.39. The first-order valence-electron chi connectivity index (χ1n) is 5.31. The molecule has 86 valence electrons. The van der Waals surface area contributed by atoms with Crippen LogP contribution in [0.3, 0.4) is 0 Å². The van der Waals surface area contributed by atoms with Gasteiger partial charge in [-0.15, -0.1) is 11.3 Å². The molecule has 0 amide bonds. The number of anilines is 1. The van der Waals surface area contributed by atoms with Gasteiger partial charge in [-0.05, 0) is 25.3 Å². The molecule has 0 aliphatic rings. The lowest BCUT2D eigenvalue weighted by atomic mass is 10.4. The van der Waals surface area contributed by atoms with Crippen LogP contribution in [0.2, 0.25) is 0 Å². The molecule has 0 radical (unpaired) electrons. The number of thiophene rings is 1. The lowest BCUT2D eigenvalue weighted by Gasteiger charge is -2.09. The summed E-state index contributed by atoms with van der Waals surface area (Å²) < 4.78 is 5.45. The predicted octanol–water partition coefficient (Wildman–Crippen LogP) is 2.53. The van der Waals surface area contributed by atoms with Crippen molar-refractivity contribution in [3.8, 4) is 0 Å². The zero-order valence-corrected chi connectivity index (χ0v) is 10.3. The number of fused-ring (bicyclic) bond motifs is 1. The van der Waals surface area contributed by atoms with E-state index in [4.69, 9.17) is 4.74 Å². The molecule has 1 N–H and O–H groups in total. The maximum atomic E-state index is 5.45. The maximum Gasteiger partial charge on any atom is 0.138 e. The highest BCUT2D eigenvalue weighted by Crippen LogP contribution is 2.23. The summed E-state index contributed by atoms with van der Waals surface area (Å²) in [6.07, 6.45) is 1.86. The summed E-state index contributed by atoms with van der Waals surface area (Å²) in [5.74, 6) is 0.888. The molecule has 2 aromatic rings. The van der Waals surface area contributed by atoms with Crippen molar-refractivity contribution < 1.29 is 4.74 Å². The van der Waals surface area contributed by atoms with E-state index in [1.165, 1.54) is 0 Å². The highest BCUT2D eigenvalue weighted by atomic mass is 32.1. The zero-order valence-electron chi connectivity index (χ0n) is 9.43. The van der Waals surface area contributed by atoms with Gasteiger partial charge in [0.2, 0.25) is 0 Å². The third-order valence-corrected chi connectivity index (χ3v) is 2.93. The second-order valence-corrected chi connectivity index (χ2v) is 4.60. The molecule has 0 spiro atoms. The average Bonchev–Trinajstić information content (AvgIpc) is 2.72. The minimum atomic E-state index is 0.272. The van der Waals surface area contributed by atoms with Gasteiger partial charge in [-0.3, -0.25) is 0 Å². The summed E-state index contributed by atoms with van der Waals surface area (Å²) in [5.41, 5.74) is 0. The fraction of sp³-hybridized carbons (Fsp3) is 0.455. The molecule has 0 aliphatic carbocycles. The molecule has 5 heteroatoms. The van der Waals surface area contributed by atoms with Gasteiger partial charge in [-0.1, -0.05) is 0 Å². The molecule has 0 saturated carbocycles. The highest BCUT2D eigenvalue weighted by Gasteiger charge is 2.03. The maximum absolute atomic E-state index is 5.45. The van der Waals surface area contributed by atoms with E-state index in [0.717, 1.165) is 22.6 Å². The van der Waals surface area contributed by atoms with Gasteiger partial charge >= 0.3 is 0 Å². The third kappa shape index (κ3) is 2.68. The molecule has 0 bridgehead atoms. The van der Waals surface area contributed by atoms with E-state index in [1.54, 1.807) is 17.7 Å². The molecule has 0 fully saturated rings. The molecule has 0 saturated heterocycles. The van der Waals surface area contributed by atoms with E-state index in [9.17, 15) is 0 Å². The number of hydrogen-bond donors (Lipinski definition) is 1. The molecule has 4 nitrogen and oxygen atoms in total. The molecule has 2 aromatic heterocycles. The summed E-state index contributed by atoms with van der Waals surface area (Å²) in [7, 11) is 0. The van der Waals surface area contributed by atoms with Crippen LogP contribution >= 0.6 is 11.3 Å². The van der Waals surface area contributed by atoms with Crippen LogP contribution in [0.4, 0.5) is 5.82 Å². The van der Waals surface area contributed by atoms with Crippen LogP contribution < -0.4 is 5.32 Å². The smallest absolute Gasteiger partial charge is 0.138 e. The largest absolute Gasteiger partial charge is 0.377 e. The van der Waals surface area contributed by atoms with E-state index in [1.807, 2.05) is 25.3 Å². The summed E-state index contributed by atoms with van der Waals surface area (Å²) in [4.78, 5) is 9.44. The summed E-state index contributed by atoms with van der Waals surface area (Å²) in [6.45, 7) is 5.51. The Balaban J connectivity index is 1.96. The first-order chi connectivity index (χ1) is 7.77. The lowest BCUT2D eigenvalue weighted by molar-refractivity contribution is 0.0870. The highest BCUT2D eigenvalue weighted by molar-refractivity contribution is 7.16. The van der Waals surface area contributed by atoms with Gasteiger partial charge in [0.25, 0.3) is 0 Å². The topological polar surface area (TPSA) is 47.0 Å². The van der Waals surface area contributed by atoms with E-state index >= 15 is 0 Å². The third-order valence-electron chi connectivity index (χ3n) is 2.11. The van der Waals surface area contributed by atoms with E-state index in [0.29, 0.717) is 6.61 Å².